The molecule has 1 fully saturated rings. The second kappa shape index (κ2) is 12.0. The van der Waals surface area contributed by atoms with Crippen LogP contribution >= 0.6 is 35.6 Å². The Bertz CT molecular complexity index is 605. The highest BCUT2D eigenvalue weighted by molar-refractivity contribution is 14.0. The minimum Gasteiger partial charge on any atom is -0.496 e. The molecule has 154 valence electrons. The average molecular weight is 510 g/mol. The number of nitrogens with one attached hydrogen (secondary N) is 2. The lowest BCUT2D eigenvalue weighted by atomic mass is 9.73. The van der Waals surface area contributed by atoms with Crippen molar-refractivity contribution in [3.63, 3.8) is 0 Å². The largest absolute Gasteiger partial charge is 0.496 e. The van der Waals surface area contributed by atoms with Crippen molar-refractivity contribution in [1.82, 2.24) is 10.6 Å². The SMILES string of the molecule is CCNC(=NCC1(c2cc(Cl)ccc2OC)CCOCC1)NCC(C)C.I. The van der Waals surface area contributed by atoms with Crippen LogP contribution in [0.3, 0.4) is 0 Å². The van der Waals surface area contributed by atoms with Gasteiger partial charge in [0.15, 0.2) is 5.96 Å². The van der Waals surface area contributed by atoms with Gasteiger partial charge in [-0.25, -0.2) is 0 Å². The van der Waals surface area contributed by atoms with Crippen molar-refractivity contribution >= 4 is 41.5 Å². The smallest absolute Gasteiger partial charge is 0.191 e. The summed E-state index contributed by atoms with van der Waals surface area (Å²) in [7, 11) is 1.71. The van der Waals surface area contributed by atoms with E-state index in [-0.39, 0.29) is 29.4 Å². The molecular formula is C20H33ClIN3O2. The molecule has 1 heterocycles. The van der Waals surface area contributed by atoms with Gasteiger partial charge in [0.2, 0.25) is 0 Å². The first-order chi connectivity index (χ1) is 12.5. The molecule has 0 radical (unpaired) electrons. The first-order valence-electron chi connectivity index (χ1n) is 9.44. The topological polar surface area (TPSA) is 54.9 Å². The molecule has 1 aliphatic rings. The summed E-state index contributed by atoms with van der Waals surface area (Å²) in [6, 6.07) is 5.84. The minimum absolute atomic E-state index is 0. The van der Waals surface area contributed by atoms with Gasteiger partial charge in [-0.05, 0) is 43.9 Å². The normalized spacial score (nSPS) is 16.6. The van der Waals surface area contributed by atoms with E-state index >= 15 is 0 Å². The Kier molecular flexibility index (Phi) is 10.8. The number of benzene rings is 1. The van der Waals surface area contributed by atoms with E-state index in [1.54, 1.807) is 7.11 Å². The van der Waals surface area contributed by atoms with Gasteiger partial charge in [0, 0.05) is 42.3 Å². The summed E-state index contributed by atoms with van der Waals surface area (Å²) in [4.78, 5) is 4.90. The third-order valence-corrected chi connectivity index (χ3v) is 4.98. The lowest BCUT2D eigenvalue weighted by Gasteiger charge is -2.37. The lowest BCUT2D eigenvalue weighted by Crippen LogP contribution is -2.42. The van der Waals surface area contributed by atoms with Crippen molar-refractivity contribution in [1.29, 1.82) is 0 Å². The van der Waals surface area contributed by atoms with Crippen LogP contribution in [0, 0.1) is 5.92 Å². The maximum Gasteiger partial charge on any atom is 0.191 e. The van der Waals surface area contributed by atoms with Crippen molar-refractivity contribution in [2.24, 2.45) is 10.9 Å². The Balaban J connectivity index is 0.00000364. The van der Waals surface area contributed by atoms with Crippen LogP contribution in [0.1, 0.15) is 39.2 Å². The third-order valence-electron chi connectivity index (χ3n) is 4.74. The second-order valence-electron chi connectivity index (χ2n) is 7.21. The van der Waals surface area contributed by atoms with E-state index < -0.39 is 0 Å². The molecule has 0 spiro atoms. The molecule has 2 rings (SSSR count). The number of ether oxygens (including phenoxy) is 2. The van der Waals surface area contributed by atoms with Crippen molar-refractivity contribution in [3.05, 3.63) is 28.8 Å². The van der Waals surface area contributed by atoms with Gasteiger partial charge in [-0.3, -0.25) is 4.99 Å². The molecule has 1 aromatic carbocycles. The number of nitrogens with zero attached hydrogens (tertiary/aromatic N) is 1. The lowest BCUT2D eigenvalue weighted by molar-refractivity contribution is 0.0523. The number of hydrogen-bond donors (Lipinski definition) is 2. The molecule has 7 heteroatoms. The van der Waals surface area contributed by atoms with Crippen molar-refractivity contribution in [2.75, 3.05) is 40.0 Å². The Hall–Kier alpha value is -0.730. The molecule has 0 aliphatic carbocycles. The highest BCUT2D eigenvalue weighted by atomic mass is 127. The predicted octanol–water partition coefficient (Wildman–Crippen LogP) is 4.23. The Morgan fingerprint density at radius 1 is 1.30 bits per heavy atom. The van der Waals surface area contributed by atoms with Gasteiger partial charge in [0.05, 0.1) is 13.7 Å². The highest BCUT2D eigenvalue weighted by Crippen LogP contribution is 2.41. The molecule has 1 saturated heterocycles. The van der Waals surface area contributed by atoms with Gasteiger partial charge in [-0.2, -0.15) is 0 Å². The van der Waals surface area contributed by atoms with Gasteiger partial charge in [-0.1, -0.05) is 25.4 Å². The Morgan fingerprint density at radius 3 is 2.59 bits per heavy atom. The summed E-state index contributed by atoms with van der Waals surface area (Å²) in [5.74, 6) is 2.28. The minimum atomic E-state index is -0.130. The first-order valence-corrected chi connectivity index (χ1v) is 9.82. The summed E-state index contributed by atoms with van der Waals surface area (Å²) in [5.41, 5.74) is 0.994. The van der Waals surface area contributed by atoms with Gasteiger partial charge in [0.1, 0.15) is 5.75 Å². The molecule has 0 bridgehead atoms. The van der Waals surface area contributed by atoms with Crippen LogP contribution in [0.5, 0.6) is 5.75 Å². The van der Waals surface area contributed by atoms with Crippen LogP contribution in [0.2, 0.25) is 5.02 Å². The number of rotatable bonds is 7. The van der Waals surface area contributed by atoms with E-state index in [2.05, 4.69) is 31.4 Å². The molecular weight excluding hydrogens is 477 g/mol. The summed E-state index contributed by atoms with van der Waals surface area (Å²) in [6.45, 7) is 10.3. The van der Waals surface area contributed by atoms with E-state index in [9.17, 15) is 0 Å². The van der Waals surface area contributed by atoms with Crippen LogP contribution < -0.4 is 15.4 Å². The predicted molar refractivity (Wildman–Crippen MR) is 124 cm³/mol. The van der Waals surface area contributed by atoms with Gasteiger partial charge >= 0.3 is 0 Å². The first kappa shape index (κ1) is 24.3. The summed E-state index contributed by atoms with van der Waals surface area (Å²) >= 11 is 6.30. The highest BCUT2D eigenvalue weighted by Gasteiger charge is 2.37. The van der Waals surface area contributed by atoms with E-state index in [1.807, 2.05) is 18.2 Å². The maximum absolute atomic E-state index is 6.30. The molecule has 2 N–H and O–H groups in total. The quantitative estimate of drug-likeness (QED) is 0.328. The van der Waals surface area contributed by atoms with E-state index in [1.165, 1.54) is 0 Å². The Labute approximate surface area is 185 Å². The second-order valence-corrected chi connectivity index (χ2v) is 7.64. The summed E-state index contributed by atoms with van der Waals surface area (Å²) in [6.07, 6.45) is 1.80. The van der Waals surface area contributed by atoms with Crippen LogP contribution in [0.25, 0.3) is 0 Å². The molecule has 5 nitrogen and oxygen atoms in total. The number of aliphatic imine (C=N–C) groups is 1. The van der Waals surface area contributed by atoms with Crippen LogP contribution in [0.15, 0.2) is 23.2 Å². The standard InChI is InChI=1S/C20H32ClN3O2.HI/c1-5-22-19(23-13-15(2)3)24-14-20(8-10-26-11-9-20)17-12-16(21)6-7-18(17)25-4;/h6-7,12,15H,5,8-11,13-14H2,1-4H3,(H2,22,23,24);1H. The fourth-order valence-electron chi connectivity index (χ4n) is 3.24. The molecule has 0 saturated carbocycles. The fourth-order valence-corrected chi connectivity index (χ4v) is 3.41. The van der Waals surface area contributed by atoms with Crippen LogP contribution in [-0.2, 0) is 10.2 Å². The van der Waals surface area contributed by atoms with Gasteiger partial charge in [0.25, 0.3) is 0 Å². The van der Waals surface area contributed by atoms with Gasteiger partial charge in [-0.15, -0.1) is 24.0 Å². The number of guanidine groups is 1. The molecule has 0 unspecified atom stereocenters. The molecule has 1 aliphatic heterocycles. The number of hydrogen-bond acceptors (Lipinski definition) is 3. The van der Waals surface area contributed by atoms with Crippen molar-refractivity contribution in [2.45, 2.75) is 39.0 Å². The summed E-state index contributed by atoms with van der Waals surface area (Å²) in [5, 5.41) is 7.48. The van der Waals surface area contributed by atoms with E-state index in [0.717, 1.165) is 61.4 Å². The fraction of sp³-hybridized carbons (Fsp3) is 0.650. The monoisotopic (exact) mass is 509 g/mol. The molecule has 0 aromatic heterocycles. The number of halogens is 2. The average Bonchev–Trinajstić information content (AvgIpc) is 2.64. The zero-order chi connectivity index (χ0) is 19.0. The van der Waals surface area contributed by atoms with Gasteiger partial charge < -0.3 is 20.1 Å². The maximum atomic E-state index is 6.30. The zero-order valence-electron chi connectivity index (χ0n) is 16.8. The summed E-state index contributed by atoms with van der Waals surface area (Å²) < 4.78 is 11.3. The molecule has 27 heavy (non-hydrogen) atoms. The third kappa shape index (κ3) is 6.98. The van der Waals surface area contributed by atoms with Crippen molar-refractivity contribution in [3.8, 4) is 5.75 Å². The van der Waals surface area contributed by atoms with Crippen molar-refractivity contribution < 1.29 is 9.47 Å². The number of methoxy groups -OCH3 is 1. The van der Waals surface area contributed by atoms with Crippen LogP contribution in [-0.4, -0.2) is 45.9 Å². The van der Waals surface area contributed by atoms with E-state index in [4.69, 9.17) is 26.1 Å². The molecule has 0 atom stereocenters. The Morgan fingerprint density at radius 2 is 2.00 bits per heavy atom. The molecule has 1 aromatic rings. The zero-order valence-corrected chi connectivity index (χ0v) is 19.9. The molecule has 0 amide bonds. The van der Waals surface area contributed by atoms with E-state index in [0.29, 0.717) is 12.5 Å². The van der Waals surface area contributed by atoms with Crippen LogP contribution in [0.4, 0.5) is 0 Å².